The maximum atomic E-state index is 13.7. The molecule has 7 heteroatoms. The Bertz CT molecular complexity index is 1210. The normalized spacial score (nSPS) is 14.8. The van der Waals surface area contributed by atoms with Gasteiger partial charge in [-0.05, 0) is 61.2 Å². The molecule has 1 aliphatic heterocycles. The Morgan fingerprint density at radius 2 is 1.74 bits per heavy atom. The Labute approximate surface area is 199 Å². The minimum absolute atomic E-state index is 0.201. The highest BCUT2D eigenvalue weighted by molar-refractivity contribution is 5.95. The first kappa shape index (κ1) is 23.3. The minimum Gasteiger partial charge on any atom is -0.493 e. The van der Waals surface area contributed by atoms with Gasteiger partial charge in [-0.3, -0.25) is 4.79 Å². The highest BCUT2D eigenvalue weighted by Crippen LogP contribution is 2.41. The average Bonchev–Trinajstić information content (AvgIpc) is 2.87. The lowest BCUT2D eigenvalue weighted by Crippen LogP contribution is -2.41. The quantitative estimate of drug-likeness (QED) is 0.509. The number of benzene rings is 2. The Hall–Kier alpha value is -3.87. The van der Waals surface area contributed by atoms with Crippen LogP contribution in [0.2, 0.25) is 0 Å². The van der Waals surface area contributed by atoms with Gasteiger partial charge in [0.2, 0.25) is 0 Å². The third kappa shape index (κ3) is 4.33. The van der Waals surface area contributed by atoms with Crippen LogP contribution in [0.25, 0.3) is 0 Å². The number of carbonyl (C=O) groups is 2. The third-order valence-electron chi connectivity index (χ3n) is 6.05. The molecule has 1 unspecified atom stereocenters. The predicted molar refractivity (Wildman–Crippen MR) is 128 cm³/mol. The van der Waals surface area contributed by atoms with Crippen molar-refractivity contribution in [3.8, 4) is 11.5 Å². The van der Waals surface area contributed by atoms with Gasteiger partial charge in [0.25, 0.3) is 5.91 Å². The fourth-order valence-electron chi connectivity index (χ4n) is 4.41. The van der Waals surface area contributed by atoms with Gasteiger partial charge in [0.1, 0.15) is 5.69 Å². The lowest BCUT2D eigenvalue weighted by Gasteiger charge is -2.38. The van der Waals surface area contributed by atoms with Gasteiger partial charge in [0.05, 0.1) is 38.1 Å². The molecule has 34 heavy (non-hydrogen) atoms. The molecule has 0 radical (unpaired) electrons. The molecule has 7 nitrogen and oxygen atoms in total. The van der Waals surface area contributed by atoms with E-state index in [0.717, 1.165) is 16.7 Å². The van der Waals surface area contributed by atoms with E-state index in [2.05, 4.69) is 4.98 Å². The molecular weight excluding hydrogens is 432 g/mol. The summed E-state index contributed by atoms with van der Waals surface area (Å²) in [6.07, 6.45) is 0.671. The zero-order valence-electron chi connectivity index (χ0n) is 19.8. The first-order chi connectivity index (χ1) is 16.5. The molecule has 0 fully saturated rings. The van der Waals surface area contributed by atoms with Gasteiger partial charge in [0, 0.05) is 6.54 Å². The number of hydrogen-bond donors (Lipinski definition) is 0. The van der Waals surface area contributed by atoms with E-state index in [0.29, 0.717) is 35.7 Å². The SMILES string of the molecule is CCOC(=O)c1ccc(C(=O)N2CCc3cc(OC)c(OC)cc3C2c2ccccc2)nc1C. The number of ether oxygens (including phenoxy) is 3. The molecular formula is C27H28N2O5. The summed E-state index contributed by atoms with van der Waals surface area (Å²) in [5.74, 6) is 0.637. The second kappa shape index (κ2) is 9.95. The van der Waals surface area contributed by atoms with Crippen molar-refractivity contribution in [2.24, 2.45) is 0 Å². The molecule has 2 heterocycles. The van der Waals surface area contributed by atoms with Crippen LogP contribution in [0.4, 0.5) is 0 Å². The maximum Gasteiger partial charge on any atom is 0.339 e. The smallest absolute Gasteiger partial charge is 0.339 e. The van der Waals surface area contributed by atoms with Gasteiger partial charge in [-0.15, -0.1) is 0 Å². The Morgan fingerprint density at radius 3 is 2.38 bits per heavy atom. The van der Waals surface area contributed by atoms with Crippen molar-refractivity contribution in [1.82, 2.24) is 9.88 Å². The van der Waals surface area contributed by atoms with Crippen LogP contribution in [-0.2, 0) is 11.2 Å². The Morgan fingerprint density at radius 1 is 1.03 bits per heavy atom. The maximum absolute atomic E-state index is 13.7. The predicted octanol–water partition coefficient (Wildman–Crippen LogP) is 4.37. The van der Waals surface area contributed by atoms with E-state index in [1.807, 2.05) is 47.4 Å². The molecule has 0 saturated carbocycles. The highest BCUT2D eigenvalue weighted by atomic mass is 16.5. The summed E-state index contributed by atoms with van der Waals surface area (Å²) in [6.45, 7) is 4.25. The van der Waals surface area contributed by atoms with Crippen LogP contribution in [0.5, 0.6) is 11.5 Å². The van der Waals surface area contributed by atoms with Crippen LogP contribution in [0.1, 0.15) is 56.2 Å². The van der Waals surface area contributed by atoms with Crippen molar-refractivity contribution in [1.29, 1.82) is 0 Å². The lowest BCUT2D eigenvalue weighted by molar-refractivity contribution is 0.0523. The minimum atomic E-state index is -0.443. The summed E-state index contributed by atoms with van der Waals surface area (Å²) in [7, 11) is 3.22. The van der Waals surface area contributed by atoms with Crippen molar-refractivity contribution in [2.45, 2.75) is 26.3 Å². The summed E-state index contributed by atoms with van der Waals surface area (Å²) < 4.78 is 16.1. The van der Waals surface area contributed by atoms with E-state index >= 15 is 0 Å². The van der Waals surface area contributed by atoms with Crippen molar-refractivity contribution in [3.63, 3.8) is 0 Å². The molecule has 3 aromatic rings. The van der Waals surface area contributed by atoms with Gasteiger partial charge in [-0.25, -0.2) is 9.78 Å². The first-order valence-electron chi connectivity index (χ1n) is 11.2. The van der Waals surface area contributed by atoms with E-state index in [1.54, 1.807) is 40.2 Å². The van der Waals surface area contributed by atoms with Gasteiger partial charge in [-0.2, -0.15) is 0 Å². The fraction of sp³-hybridized carbons (Fsp3) is 0.296. The van der Waals surface area contributed by atoms with E-state index in [4.69, 9.17) is 14.2 Å². The van der Waals surface area contributed by atoms with Crippen molar-refractivity contribution < 1.29 is 23.8 Å². The molecule has 1 atom stereocenters. The van der Waals surface area contributed by atoms with E-state index in [9.17, 15) is 9.59 Å². The number of hydrogen-bond acceptors (Lipinski definition) is 6. The standard InChI is InChI=1S/C27H28N2O5/c1-5-34-27(31)20-11-12-22(28-17(20)2)26(30)29-14-13-19-15-23(32-3)24(33-4)16-21(19)25(29)18-9-7-6-8-10-18/h6-12,15-16,25H,5,13-14H2,1-4H3. The molecule has 2 aromatic carbocycles. The van der Waals surface area contributed by atoms with Gasteiger partial charge in [-0.1, -0.05) is 30.3 Å². The fourth-order valence-corrected chi connectivity index (χ4v) is 4.41. The molecule has 176 valence electrons. The molecule has 0 saturated heterocycles. The summed E-state index contributed by atoms with van der Waals surface area (Å²) >= 11 is 0. The van der Waals surface area contributed by atoms with Crippen LogP contribution >= 0.6 is 0 Å². The van der Waals surface area contributed by atoms with Crippen molar-refractivity contribution in [2.75, 3.05) is 27.4 Å². The van der Waals surface area contributed by atoms with E-state index in [1.165, 1.54) is 0 Å². The van der Waals surface area contributed by atoms with Crippen LogP contribution in [0, 0.1) is 6.92 Å². The highest BCUT2D eigenvalue weighted by Gasteiger charge is 2.34. The molecule has 0 N–H and O–H groups in total. The van der Waals surface area contributed by atoms with E-state index < -0.39 is 5.97 Å². The number of methoxy groups -OCH3 is 2. The Kier molecular flexibility index (Phi) is 6.82. The summed E-state index contributed by atoms with van der Waals surface area (Å²) in [5, 5.41) is 0. The zero-order chi connectivity index (χ0) is 24.2. The zero-order valence-corrected chi connectivity index (χ0v) is 19.8. The number of nitrogens with zero attached hydrogens (tertiary/aromatic N) is 2. The van der Waals surface area contributed by atoms with Crippen LogP contribution in [0.15, 0.2) is 54.6 Å². The number of aryl methyl sites for hydroxylation is 1. The number of aromatic nitrogens is 1. The number of amides is 1. The number of rotatable bonds is 6. The first-order valence-corrected chi connectivity index (χ1v) is 11.2. The average molecular weight is 461 g/mol. The second-order valence-electron chi connectivity index (χ2n) is 8.02. The molecule has 1 aromatic heterocycles. The molecule has 4 rings (SSSR count). The summed E-state index contributed by atoms with van der Waals surface area (Å²) in [5.41, 5.74) is 4.20. The molecule has 0 aliphatic carbocycles. The van der Waals surface area contributed by atoms with Gasteiger partial charge < -0.3 is 19.1 Å². The Balaban J connectivity index is 1.76. The number of pyridine rings is 1. The molecule has 1 aliphatic rings. The van der Waals surface area contributed by atoms with Crippen LogP contribution in [-0.4, -0.2) is 49.1 Å². The number of esters is 1. The monoisotopic (exact) mass is 460 g/mol. The van der Waals surface area contributed by atoms with E-state index in [-0.39, 0.29) is 24.2 Å². The number of carbonyl (C=O) groups excluding carboxylic acids is 2. The third-order valence-corrected chi connectivity index (χ3v) is 6.05. The van der Waals surface area contributed by atoms with Crippen LogP contribution in [0.3, 0.4) is 0 Å². The van der Waals surface area contributed by atoms with Gasteiger partial charge >= 0.3 is 5.97 Å². The lowest BCUT2D eigenvalue weighted by atomic mass is 9.87. The molecule has 0 spiro atoms. The number of fused-ring (bicyclic) bond motifs is 1. The second-order valence-corrected chi connectivity index (χ2v) is 8.02. The van der Waals surface area contributed by atoms with Crippen LogP contribution < -0.4 is 9.47 Å². The summed E-state index contributed by atoms with van der Waals surface area (Å²) in [4.78, 5) is 32.2. The topological polar surface area (TPSA) is 78.0 Å². The summed E-state index contributed by atoms with van der Waals surface area (Å²) in [6, 6.07) is 16.7. The largest absolute Gasteiger partial charge is 0.493 e. The van der Waals surface area contributed by atoms with Crippen molar-refractivity contribution in [3.05, 3.63) is 88.2 Å². The molecule has 0 bridgehead atoms. The molecule has 1 amide bonds. The van der Waals surface area contributed by atoms with Crippen molar-refractivity contribution >= 4 is 11.9 Å². The van der Waals surface area contributed by atoms with Gasteiger partial charge in [0.15, 0.2) is 11.5 Å².